The Morgan fingerprint density at radius 2 is 2.17 bits per heavy atom. The first kappa shape index (κ1) is 13.3. The molecular formula is C12H18N2O3S. The highest BCUT2D eigenvalue weighted by atomic mass is 32.2. The van der Waals surface area contributed by atoms with E-state index in [-0.39, 0.29) is 11.0 Å². The number of aliphatic hydroxyl groups is 1. The summed E-state index contributed by atoms with van der Waals surface area (Å²) in [5.41, 5.74) is 0.662. The molecule has 0 aliphatic carbocycles. The van der Waals surface area contributed by atoms with Gasteiger partial charge in [-0.25, -0.2) is 13.1 Å². The van der Waals surface area contributed by atoms with Gasteiger partial charge in [0, 0.05) is 19.6 Å². The van der Waals surface area contributed by atoms with E-state index >= 15 is 0 Å². The van der Waals surface area contributed by atoms with E-state index in [1.54, 1.807) is 25.1 Å². The van der Waals surface area contributed by atoms with Crippen molar-refractivity contribution in [3.63, 3.8) is 0 Å². The van der Waals surface area contributed by atoms with Gasteiger partial charge < -0.3 is 10.0 Å². The molecule has 1 aliphatic rings. The van der Waals surface area contributed by atoms with E-state index in [0.29, 0.717) is 31.7 Å². The highest BCUT2D eigenvalue weighted by Gasteiger charge is 2.26. The zero-order valence-electron chi connectivity index (χ0n) is 10.3. The number of benzene rings is 1. The summed E-state index contributed by atoms with van der Waals surface area (Å²) in [5, 5.41) is 9.55. The van der Waals surface area contributed by atoms with Gasteiger partial charge in [-0.3, -0.25) is 0 Å². The molecule has 1 aliphatic heterocycles. The maximum Gasteiger partial charge on any atom is 0.242 e. The standard InChI is InChI=1S/C12H18N2O3S/c1-2-13-18(16,17)12-6-4-3-5-11(12)14-8-7-10(15)9-14/h3-6,10,13,15H,2,7-9H2,1H3/t10-/m0/s1. The fourth-order valence-corrected chi connectivity index (χ4v) is 3.44. The van der Waals surface area contributed by atoms with Crippen LogP contribution in [0.1, 0.15) is 13.3 Å². The third-order valence-corrected chi connectivity index (χ3v) is 4.59. The number of nitrogens with one attached hydrogen (secondary N) is 1. The fraction of sp³-hybridized carbons (Fsp3) is 0.500. The smallest absolute Gasteiger partial charge is 0.242 e. The third kappa shape index (κ3) is 2.66. The molecule has 1 fully saturated rings. The van der Waals surface area contributed by atoms with Crippen LogP contribution in [-0.2, 0) is 10.0 Å². The molecule has 0 spiro atoms. The minimum absolute atomic E-state index is 0.279. The van der Waals surface area contributed by atoms with Gasteiger partial charge in [0.2, 0.25) is 10.0 Å². The van der Waals surface area contributed by atoms with Crippen molar-refractivity contribution in [2.75, 3.05) is 24.5 Å². The van der Waals surface area contributed by atoms with Crippen molar-refractivity contribution in [2.24, 2.45) is 0 Å². The topological polar surface area (TPSA) is 69.6 Å². The quantitative estimate of drug-likeness (QED) is 0.838. The molecule has 0 unspecified atom stereocenters. The van der Waals surface area contributed by atoms with Gasteiger partial charge in [-0.1, -0.05) is 19.1 Å². The van der Waals surface area contributed by atoms with Crippen LogP contribution in [-0.4, -0.2) is 39.3 Å². The largest absolute Gasteiger partial charge is 0.391 e. The van der Waals surface area contributed by atoms with Crippen LogP contribution in [0.3, 0.4) is 0 Å². The molecule has 2 rings (SSSR count). The van der Waals surface area contributed by atoms with E-state index in [0.717, 1.165) is 0 Å². The van der Waals surface area contributed by atoms with Crippen molar-refractivity contribution in [3.8, 4) is 0 Å². The van der Waals surface area contributed by atoms with Crippen LogP contribution in [0.15, 0.2) is 29.2 Å². The van der Waals surface area contributed by atoms with Gasteiger partial charge in [-0.05, 0) is 18.6 Å². The predicted molar refractivity (Wildman–Crippen MR) is 70.1 cm³/mol. The second kappa shape index (κ2) is 5.26. The SMILES string of the molecule is CCNS(=O)(=O)c1ccccc1N1CC[C@H](O)C1. The van der Waals surface area contributed by atoms with Crippen LogP contribution in [0.5, 0.6) is 0 Å². The highest BCUT2D eigenvalue weighted by Crippen LogP contribution is 2.27. The summed E-state index contributed by atoms with van der Waals surface area (Å²) >= 11 is 0. The molecular weight excluding hydrogens is 252 g/mol. The van der Waals surface area contributed by atoms with E-state index in [2.05, 4.69) is 4.72 Å². The molecule has 1 aromatic rings. The summed E-state index contributed by atoms with van der Waals surface area (Å²) in [6.07, 6.45) is 0.301. The second-order valence-corrected chi connectivity index (χ2v) is 6.09. The van der Waals surface area contributed by atoms with Crippen LogP contribution >= 0.6 is 0 Å². The number of rotatable bonds is 4. The number of β-amino-alcohol motifs (C(OH)–C–C–N with tert-alkyl or cyclic N) is 1. The number of para-hydroxylation sites is 1. The summed E-state index contributed by atoms with van der Waals surface area (Å²) in [7, 11) is -3.47. The Bertz CT molecular complexity index is 516. The minimum Gasteiger partial charge on any atom is -0.391 e. The first-order valence-corrected chi connectivity index (χ1v) is 7.54. The molecule has 1 aromatic carbocycles. The van der Waals surface area contributed by atoms with Crippen molar-refractivity contribution >= 4 is 15.7 Å². The number of anilines is 1. The van der Waals surface area contributed by atoms with Crippen LogP contribution < -0.4 is 9.62 Å². The van der Waals surface area contributed by atoms with Crippen molar-refractivity contribution in [3.05, 3.63) is 24.3 Å². The summed E-state index contributed by atoms with van der Waals surface area (Å²) in [6, 6.07) is 6.89. The molecule has 0 radical (unpaired) electrons. The molecule has 6 heteroatoms. The molecule has 18 heavy (non-hydrogen) atoms. The van der Waals surface area contributed by atoms with E-state index < -0.39 is 10.0 Å². The van der Waals surface area contributed by atoms with Crippen LogP contribution in [0.25, 0.3) is 0 Å². The Morgan fingerprint density at radius 1 is 1.44 bits per heavy atom. The number of aliphatic hydroxyl groups excluding tert-OH is 1. The molecule has 1 saturated heterocycles. The van der Waals surface area contributed by atoms with E-state index in [1.807, 2.05) is 11.0 Å². The van der Waals surface area contributed by atoms with Gasteiger partial charge in [0.15, 0.2) is 0 Å². The number of hydrogen-bond acceptors (Lipinski definition) is 4. The zero-order chi connectivity index (χ0) is 13.2. The third-order valence-electron chi connectivity index (χ3n) is 2.99. The van der Waals surface area contributed by atoms with E-state index in [4.69, 9.17) is 0 Å². The summed E-state index contributed by atoms with van der Waals surface area (Å²) < 4.78 is 26.7. The average Bonchev–Trinajstić information content (AvgIpc) is 2.76. The lowest BCUT2D eigenvalue weighted by molar-refractivity contribution is 0.198. The Labute approximate surface area is 107 Å². The minimum atomic E-state index is -3.47. The number of hydrogen-bond donors (Lipinski definition) is 2. The molecule has 1 atom stereocenters. The first-order valence-electron chi connectivity index (χ1n) is 6.06. The van der Waals surface area contributed by atoms with E-state index in [1.165, 1.54) is 0 Å². The number of nitrogens with zero attached hydrogens (tertiary/aromatic N) is 1. The van der Waals surface area contributed by atoms with Crippen molar-refractivity contribution in [1.82, 2.24) is 4.72 Å². The lowest BCUT2D eigenvalue weighted by Gasteiger charge is -2.21. The Balaban J connectivity index is 2.37. The fourth-order valence-electron chi connectivity index (χ4n) is 2.17. The molecule has 0 saturated carbocycles. The molecule has 2 N–H and O–H groups in total. The molecule has 0 amide bonds. The lowest BCUT2D eigenvalue weighted by atomic mass is 10.3. The maximum atomic E-state index is 12.1. The molecule has 0 aromatic heterocycles. The average molecular weight is 270 g/mol. The van der Waals surface area contributed by atoms with Gasteiger partial charge in [0.1, 0.15) is 4.90 Å². The maximum absolute atomic E-state index is 12.1. The van der Waals surface area contributed by atoms with Gasteiger partial charge in [0.05, 0.1) is 11.8 Å². The van der Waals surface area contributed by atoms with E-state index in [9.17, 15) is 13.5 Å². The predicted octanol–water partition coefficient (Wildman–Crippen LogP) is 0.556. The first-order chi connectivity index (χ1) is 8.54. The van der Waals surface area contributed by atoms with Crippen molar-refractivity contribution < 1.29 is 13.5 Å². The normalized spacial score (nSPS) is 20.3. The van der Waals surface area contributed by atoms with Gasteiger partial charge in [-0.2, -0.15) is 0 Å². The lowest BCUT2D eigenvalue weighted by Crippen LogP contribution is -2.28. The molecule has 0 bridgehead atoms. The van der Waals surface area contributed by atoms with Crippen molar-refractivity contribution in [1.29, 1.82) is 0 Å². The van der Waals surface area contributed by atoms with Crippen molar-refractivity contribution in [2.45, 2.75) is 24.3 Å². The van der Waals surface area contributed by atoms with Crippen LogP contribution in [0, 0.1) is 0 Å². The summed E-state index contributed by atoms with van der Waals surface area (Å²) in [6.45, 7) is 3.28. The van der Waals surface area contributed by atoms with Gasteiger partial charge >= 0.3 is 0 Å². The second-order valence-electron chi connectivity index (χ2n) is 4.36. The zero-order valence-corrected chi connectivity index (χ0v) is 11.2. The Kier molecular flexibility index (Phi) is 3.89. The summed E-state index contributed by atoms with van der Waals surface area (Å²) in [5.74, 6) is 0. The molecule has 1 heterocycles. The molecule has 100 valence electrons. The number of sulfonamides is 1. The Hall–Kier alpha value is -1.11. The summed E-state index contributed by atoms with van der Waals surface area (Å²) in [4.78, 5) is 2.19. The Morgan fingerprint density at radius 3 is 2.78 bits per heavy atom. The van der Waals surface area contributed by atoms with Crippen LogP contribution in [0.4, 0.5) is 5.69 Å². The van der Waals surface area contributed by atoms with Gasteiger partial charge in [0.25, 0.3) is 0 Å². The molecule has 5 nitrogen and oxygen atoms in total. The van der Waals surface area contributed by atoms with Gasteiger partial charge in [-0.15, -0.1) is 0 Å². The highest BCUT2D eigenvalue weighted by molar-refractivity contribution is 7.89. The van der Waals surface area contributed by atoms with Crippen LogP contribution in [0.2, 0.25) is 0 Å². The monoisotopic (exact) mass is 270 g/mol.